The fraction of sp³-hybridized carbons (Fsp3) is 0.375. The second kappa shape index (κ2) is 7.40. The third-order valence-electron chi connectivity index (χ3n) is 4.20. The Morgan fingerprint density at radius 1 is 1.28 bits per heavy atom. The zero-order chi connectivity index (χ0) is 18.0. The first kappa shape index (κ1) is 18.3. The molecule has 0 bridgehead atoms. The van der Waals surface area contributed by atoms with E-state index in [-0.39, 0.29) is 5.28 Å². The summed E-state index contributed by atoms with van der Waals surface area (Å²) in [4.78, 5) is 10.1. The predicted octanol–water partition coefficient (Wildman–Crippen LogP) is 4.35. The van der Waals surface area contributed by atoms with Crippen LogP contribution < -0.4 is 15.0 Å². The first-order valence-electron chi connectivity index (χ1n) is 7.81. The molecule has 25 heavy (non-hydrogen) atoms. The largest absolute Gasteiger partial charge is 0.494 e. The van der Waals surface area contributed by atoms with Crippen molar-refractivity contribution in [3.8, 4) is 5.75 Å². The Morgan fingerprint density at radius 2 is 2.00 bits per heavy atom. The van der Waals surface area contributed by atoms with Crippen LogP contribution in [0.2, 0.25) is 10.3 Å². The summed E-state index contributed by atoms with van der Waals surface area (Å²) in [5, 5.41) is 3.60. The maximum atomic E-state index is 12.2. The Labute approximate surface area is 156 Å². The van der Waals surface area contributed by atoms with E-state index in [1.165, 1.54) is 6.20 Å². The normalized spacial score (nSPS) is 16.6. The molecule has 1 aliphatic rings. The van der Waals surface area contributed by atoms with Gasteiger partial charge in [-0.25, -0.2) is 4.98 Å². The maximum absolute atomic E-state index is 12.2. The number of halogens is 2. The highest BCUT2D eigenvalue weighted by atomic mass is 35.5. The first-order chi connectivity index (χ1) is 11.9. The zero-order valence-electron chi connectivity index (χ0n) is 14.0. The van der Waals surface area contributed by atoms with E-state index in [1.807, 2.05) is 24.9 Å². The molecule has 1 fully saturated rings. The lowest BCUT2D eigenvalue weighted by molar-refractivity contribution is 0.417. The summed E-state index contributed by atoms with van der Waals surface area (Å²) in [6.07, 6.45) is 2.92. The quantitative estimate of drug-likeness (QED) is 0.607. The Bertz CT molecular complexity index is 822. The second-order valence-electron chi connectivity index (χ2n) is 6.08. The molecule has 3 rings (SSSR count). The SMILES string of the molecule is COc1cc(N2CCP(C)(=O)CC2)ccc1Nc1nc(Cl)ncc1Cl. The molecule has 1 aromatic carbocycles. The Kier molecular flexibility index (Phi) is 5.42. The number of benzene rings is 1. The average molecular weight is 401 g/mol. The highest BCUT2D eigenvalue weighted by molar-refractivity contribution is 7.63. The van der Waals surface area contributed by atoms with Crippen molar-refractivity contribution in [2.24, 2.45) is 0 Å². The number of ether oxygens (including phenoxy) is 1. The highest BCUT2D eigenvalue weighted by Gasteiger charge is 2.24. The van der Waals surface area contributed by atoms with Crippen molar-refractivity contribution in [1.29, 1.82) is 0 Å². The molecule has 0 saturated carbocycles. The number of nitrogens with one attached hydrogen (secondary N) is 1. The van der Waals surface area contributed by atoms with Crippen LogP contribution in [-0.4, -0.2) is 49.2 Å². The van der Waals surface area contributed by atoms with Crippen LogP contribution in [0.4, 0.5) is 17.2 Å². The minimum absolute atomic E-state index is 0.111. The van der Waals surface area contributed by atoms with Crippen LogP contribution in [-0.2, 0) is 4.57 Å². The van der Waals surface area contributed by atoms with Crippen LogP contribution in [0, 0.1) is 0 Å². The smallest absolute Gasteiger partial charge is 0.224 e. The minimum Gasteiger partial charge on any atom is -0.494 e. The summed E-state index contributed by atoms with van der Waals surface area (Å²) < 4.78 is 17.7. The molecule has 2 aromatic rings. The molecule has 1 N–H and O–H groups in total. The number of hydrogen-bond acceptors (Lipinski definition) is 6. The summed E-state index contributed by atoms with van der Waals surface area (Å²) in [6.45, 7) is 3.46. The lowest BCUT2D eigenvalue weighted by Crippen LogP contribution is -2.34. The number of rotatable bonds is 4. The molecule has 0 aliphatic carbocycles. The number of anilines is 3. The van der Waals surface area contributed by atoms with E-state index in [0.29, 0.717) is 16.6 Å². The van der Waals surface area contributed by atoms with E-state index in [9.17, 15) is 4.57 Å². The molecular weight excluding hydrogens is 382 g/mol. The molecule has 2 heterocycles. The Morgan fingerprint density at radius 3 is 2.68 bits per heavy atom. The molecule has 0 radical (unpaired) electrons. The van der Waals surface area contributed by atoms with Crippen molar-refractivity contribution >= 4 is 47.5 Å². The van der Waals surface area contributed by atoms with Gasteiger partial charge in [0.1, 0.15) is 10.8 Å². The van der Waals surface area contributed by atoms with Gasteiger partial charge in [-0.2, -0.15) is 4.98 Å². The molecule has 0 amide bonds. The zero-order valence-corrected chi connectivity index (χ0v) is 16.4. The van der Waals surface area contributed by atoms with E-state index in [2.05, 4.69) is 20.2 Å². The van der Waals surface area contributed by atoms with Crippen LogP contribution in [0.3, 0.4) is 0 Å². The molecule has 134 valence electrons. The van der Waals surface area contributed by atoms with Crippen molar-refractivity contribution in [3.63, 3.8) is 0 Å². The number of methoxy groups -OCH3 is 1. The van der Waals surface area contributed by atoms with Gasteiger partial charge in [0, 0.05) is 37.2 Å². The molecular formula is C16H19Cl2N4O2P. The van der Waals surface area contributed by atoms with Crippen LogP contribution in [0.1, 0.15) is 0 Å². The van der Waals surface area contributed by atoms with Gasteiger partial charge in [0.15, 0.2) is 5.82 Å². The third kappa shape index (κ3) is 4.38. The van der Waals surface area contributed by atoms with Gasteiger partial charge in [-0.1, -0.05) is 11.6 Å². The second-order valence-corrected chi connectivity index (χ2v) is 10.3. The topological polar surface area (TPSA) is 67.3 Å². The number of hydrogen-bond donors (Lipinski definition) is 1. The molecule has 1 saturated heterocycles. The van der Waals surface area contributed by atoms with E-state index in [0.717, 1.165) is 36.8 Å². The predicted molar refractivity (Wildman–Crippen MR) is 104 cm³/mol. The van der Waals surface area contributed by atoms with Gasteiger partial charge in [-0.15, -0.1) is 0 Å². The average Bonchev–Trinajstić information content (AvgIpc) is 2.58. The van der Waals surface area contributed by atoms with Crippen molar-refractivity contribution in [2.75, 3.05) is 49.4 Å². The number of aromatic nitrogens is 2. The van der Waals surface area contributed by atoms with Gasteiger partial charge in [-0.05, 0) is 30.4 Å². The minimum atomic E-state index is -1.96. The standard InChI is InChI=1S/C16H19Cl2N4O2P/c1-24-14-9-11(22-5-7-25(2,23)8-6-22)3-4-13(14)20-15-12(17)10-19-16(18)21-15/h3-4,9-10H,5-8H2,1-2H3,(H,19,20,21). The summed E-state index contributed by atoms with van der Waals surface area (Å²) >= 11 is 11.9. The summed E-state index contributed by atoms with van der Waals surface area (Å²) in [5.74, 6) is 1.08. The molecule has 0 spiro atoms. The lowest BCUT2D eigenvalue weighted by atomic mass is 10.2. The highest BCUT2D eigenvalue weighted by Crippen LogP contribution is 2.44. The fourth-order valence-electron chi connectivity index (χ4n) is 2.69. The van der Waals surface area contributed by atoms with E-state index in [4.69, 9.17) is 27.9 Å². The molecule has 0 unspecified atom stereocenters. The fourth-order valence-corrected chi connectivity index (χ4v) is 4.51. The molecule has 6 nitrogen and oxygen atoms in total. The molecule has 1 aliphatic heterocycles. The van der Waals surface area contributed by atoms with Gasteiger partial charge < -0.3 is 19.5 Å². The van der Waals surface area contributed by atoms with Gasteiger partial charge >= 0.3 is 0 Å². The van der Waals surface area contributed by atoms with Crippen LogP contribution in [0.15, 0.2) is 24.4 Å². The van der Waals surface area contributed by atoms with Crippen molar-refractivity contribution in [2.45, 2.75) is 0 Å². The van der Waals surface area contributed by atoms with Gasteiger partial charge in [0.25, 0.3) is 0 Å². The molecule has 1 aromatic heterocycles. The summed E-state index contributed by atoms with van der Waals surface area (Å²) in [5.41, 5.74) is 1.76. The van der Waals surface area contributed by atoms with Gasteiger partial charge in [-0.3, -0.25) is 0 Å². The first-order valence-corrected chi connectivity index (χ1v) is 11.1. The van der Waals surface area contributed by atoms with Crippen molar-refractivity contribution in [1.82, 2.24) is 9.97 Å². The summed E-state index contributed by atoms with van der Waals surface area (Å²) in [7, 11) is -0.349. The maximum Gasteiger partial charge on any atom is 0.224 e. The lowest BCUT2D eigenvalue weighted by Gasteiger charge is -2.32. The van der Waals surface area contributed by atoms with Gasteiger partial charge in [0.2, 0.25) is 5.28 Å². The van der Waals surface area contributed by atoms with Crippen molar-refractivity contribution < 1.29 is 9.30 Å². The van der Waals surface area contributed by atoms with Crippen LogP contribution in [0.25, 0.3) is 0 Å². The molecule has 9 heteroatoms. The Balaban J connectivity index is 1.83. The van der Waals surface area contributed by atoms with E-state index >= 15 is 0 Å². The van der Waals surface area contributed by atoms with Crippen LogP contribution >= 0.6 is 30.3 Å². The van der Waals surface area contributed by atoms with Crippen LogP contribution in [0.5, 0.6) is 5.75 Å². The Hall–Kier alpha value is -1.49. The molecule has 0 atom stereocenters. The van der Waals surface area contributed by atoms with E-state index in [1.54, 1.807) is 7.11 Å². The monoisotopic (exact) mass is 400 g/mol. The van der Waals surface area contributed by atoms with Gasteiger partial charge in [0.05, 0.1) is 26.1 Å². The van der Waals surface area contributed by atoms with Crippen molar-refractivity contribution in [3.05, 3.63) is 34.7 Å². The third-order valence-corrected chi connectivity index (χ3v) is 6.95. The number of nitrogens with zero attached hydrogens (tertiary/aromatic N) is 3. The summed E-state index contributed by atoms with van der Waals surface area (Å²) in [6, 6.07) is 5.85. The van der Waals surface area contributed by atoms with E-state index < -0.39 is 7.14 Å².